The van der Waals surface area contributed by atoms with Crippen molar-refractivity contribution in [2.75, 3.05) is 12.0 Å². The molecule has 0 bridgehead atoms. The number of hydrogen-bond donors (Lipinski definition) is 3. The molecular weight excluding hydrogens is 228 g/mol. The fourth-order valence-electron chi connectivity index (χ4n) is 1.21. The zero-order valence-electron chi connectivity index (χ0n) is 9.73. The Kier molecular flexibility index (Phi) is 8.01. The van der Waals surface area contributed by atoms with Crippen molar-refractivity contribution in [2.24, 2.45) is 5.73 Å². The van der Waals surface area contributed by atoms with Gasteiger partial charge in [0.2, 0.25) is 5.91 Å². The summed E-state index contributed by atoms with van der Waals surface area (Å²) in [4.78, 5) is 22.4. The van der Waals surface area contributed by atoms with Crippen LogP contribution in [0.15, 0.2) is 0 Å². The molecule has 0 aromatic rings. The van der Waals surface area contributed by atoms with E-state index in [0.29, 0.717) is 18.6 Å². The number of amides is 1. The van der Waals surface area contributed by atoms with E-state index in [2.05, 4.69) is 5.32 Å². The molecule has 5 nitrogen and oxygen atoms in total. The summed E-state index contributed by atoms with van der Waals surface area (Å²) in [5.41, 5.74) is 5.59. The van der Waals surface area contributed by atoms with Gasteiger partial charge in [-0.1, -0.05) is 13.3 Å². The Morgan fingerprint density at radius 3 is 2.50 bits per heavy atom. The molecule has 0 aliphatic rings. The number of carboxylic acid groups (broad SMARTS) is 1. The number of carbonyl (C=O) groups excluding carboxylic acids is 1. The predicted octanol–water partition coefficient (Wildman–Crippen LogP) is 0.436. The van der Waals surface area contributed by atoms with Gasteiger partial charge in [-0.05, 0) is 24.9 Å². The van der Waals surface area contributed by atoms with Crippen molar-refractivity contribution in [1.29, 1.82) is 0 Å². The Morgan fingerprint density at radius 1 is 1.44 bits per heavy atom. The van der Waals surface area contributed by atoms with E-state index in [-0.39, 0.29) is 5.91 Å². The molecule has 0 aromatic carbocycles. The molecule has 94 valence electrons. The molecule has 0 saturated heterocycles. The highest BCUT2D eigenvalue weighted by molar-refractivity contribution is 7.98. The predicted molar refractivity (Wildman–Crippen MR) is 65.4 cm³/mol. The minimum atomic E-state index is -1.01. The highest BCUT2D eigenvalue weighted by Crippen LogP contribution is 2.02. The second-order valence-corrected chi connectivity index (χ2v) is 4.56. The third-order valence-electron chi connectivity index (χ3n) is 2.16. The van der Waals surface area contributed by atoms with Crippen LogP contribution in [0.25, 0.3) is 0 Å². The van der Waals surface area contributed by atoms with Crippen LogP contribution in [0.3, 0.4) is 0 Å². The van der Waals surface area contributed by atoms with Crippen molar-refractivity contribution in [3.63, 3.8) is 0 Å². The van der Waals surface area contributed by atoms with Crippen LogP contribution in [-0.2, 0) is 9.59 Å². The molecule has 0 heterocycles. The number of rotatable bonds is 8. The smallest absolute Gasteiger partial charge is 0.326 e. The van der Waals surface area contributed by atoms with E-state index in [4.69, 9.17) is 10.8 Å². The molecule has 1 amide bonds. The lowest BCUT2D eigenvalue weighted by Crippen LogP contribution is -2.48. The van der Waals surface area contributed by atoms with Crippen LogP contribution in [0.5, 0.6) is 0 Å². The molecule has 0 aromatic heterocycles. The number of nitrogens with one attached hydrogen (secondary N) is 1. The number of hydrogen-bond acceptors (Lipinski definition) is 4. The Labute approximate surface area is 100 Å². The molecule has 4 N–H and O–H groups in total. The fourth-order valence-corrected chi connectivity index (χ4v) is 1.69. The molecule has 0 aliphatic carbocycles. The van der Waals surface area contributed by atoms with E-state index in [1.54, 1.807) is 11.8 Å². The van der Waals surface area contributed by atoms with Crippen LogP contribution in [0.2, 0.25) is 0 Å². The second kappa shape index (κ2) is 8.41. The Bertz CT molecular complexity index is 236. The van der Waals surface area contributed by atoms with Crippen LogP contribution in [0.1, 0.15) is 26.2 Å². The lowest BCUT2D eigenvalue weighted by atomic mass is 10.1. The Balaban J connectivity index is 4.17. The molecule has 2 atom stereocenters. The van der Waals surface area contributed by atoms with Crippen LogP contribution in [0.4, 0.5) is 0 Å². The summed E-state index contributed by atoms with van der Waals surface area (Å²) < 4.78 is 0. The van der Waals surface area contributed by atoms with E-state index in [9.17, 15) is 9.59 Å². The van der Waals surface area contributed by atoms with Gasteiger partial charge in [-0.15, -0.1) is 0 Å². The minimum absolute atomic E-state index is 0.379. The number of carboxylic acids is 1. The first kappa shape index (κ1) is 15.2. The third-order valence-corrected chi connectivity index (χ3v) is 2.81. The van der Waals surface area contributed by atoms with Crippen LogP contribution in [0, 0.1) is 0 Å². The fraction of sp³-hybridized carbons (Fsp3) is 0.800. The number of nitrogens with two attached hydrogens (primary N) is 1. The second-order valence-electron chi connectivity index (χ2n) is 3.58. The lowest BCUT2D eigenvalue weighted by molar-refractivity contribution is -0.142. The number of aliphatic carboxylic acids is 1. The first-order chi connectivity index (χ1) is 7.52. The van der Waals surface area contributed by atoms with Crippen molar-refractivity contribution >= 4 is 23.6 Å². The molecule has 0 spiro atoms. The summed E-state index contributed by atoms with van der Waals surface area (Å²) in [7, 11) is 0. The van der Waals surface area contributed by atoms with Gasteiger partial charge < -0.3 is 16.2 Å². The summed E-state index contributed by atoms with van der Waals surface area (Å²) in [6.45, 7) is 1.93. The molecule has 0 radical (unpaired) electrons. The SMILES string of the molecule is CCC[C@@H](N)C(=O)N[C@@H](CCSC)C(=O)O. The van der Waals surface area contributed by atoms with Gasteiger partial charge in [-0.25, -0.2) is 4.79 Å². The largest absolute Gasteiger partial charge is 0.480 e. The summed E-state index contributed by atoms with van der Waals surface area (Å²) in [5, 5.41) is 11.4. The molecule has 0 fully saturated rings. The number of thioether (sulfide) groups is 1. The van der Waals surface area contributed by atoms with Crippen molar-refractivity contribution < 1.29 is 14.7 Å². The van der Waals surface area contributed by atoms with Gasteiger partial charge in [0.25, 0.3) is 0 Å². The highest BCUT2D eigenvalue weighted by Gasteiger charge is 2.22. The van der Waals surface area contributed by atoms with Gasteiger partial charge in [0.1, 0.15) is 6.04 Å². The third kappa shape index (κ3) is 5.97. The molecule has 0 rings (SSSR count). The Morgan fingerprint density at radius 2 is 2.06 bits per heavy atom. The maximum atomic E-state index is 11.5. The van der Waals surface area contributed by atoms with Crippen molar-refractivity contribution in [3.8, 4) is 0 Å². The highest BCUT2D eigenvalue weighted by atomic mass is 32.2. The normalized spacial score (nSPS) is 14.2. The minimum Gasteiger partial charge on any atom is -0.480 e. The van der Waals surface area contributed by atoms with Gasteiger partial charge in [-0.3, -0.25) is 4.79 Å². The van der Waals surface area contributed by atoms with E-state index in [0.717, 1.165) is 6.42 Å². The van der Waals surface area contributed by atoms with Crippen molar-refractivity contribution in [1.82, 2.24) is 5.32 Å². The molecular formula is C10H20N2O3S. The summed E-state index contributed by atoms with van der Waals surface area (Å²) in [6, 6.07) is -1.44. The van der Waals surface area contributed by atoms with Gasteiger partial charge in [0.05, 0.1) is 6.04 Å². The van der Waals surface area contributed by atoms with E-state index in [1.165, 1.54) is 0 Å². The van der Waals surface area contributed by atoms with Crippen molar-refractivity contribution in [2.45, 2.75) is 38.3 Å². The maximum Gasteiger partial charge on any atom is 0.326 e. The monoisotopic (exact) mass is 248 g/mol. The zero-order valence-corrected chi connectivity index (χ0v) is 10.5. The van der Waals surface area contributed by atoms with Crippen molar-refractivity contribution in [3.05, 3.63) is 0 Å². The van der Waals surface area contributed by atoms with Crippen LogP contribution >= 0.6 is 11.8 Å². The van der Waals surface area contributed by atoms with Gasteiger partial charge >= 0.3 is 5.97 Å². The molecule has 16 heavy (non-hydrogen) atoms. The molecule has 0 unspecified atom stereocenters. The van der Waals surface area contributed by atoms with E-state index < -0.39 is 18.1 Å². The van der Waals surface area contributed by atoms with E-state index >= 15 is 0 Å². The summed E-state index contributed by atoms with van der Waals surface area (Å²) in [6.07, 6.45) is 3.68. The standard InChI is InChI=1S/C10H20N2O3S/c1-3-4-7(11)9(13)12-8(10(14)15)5-6-16-2/h7-8H,3-6,11H2,1-2H3,(H,12,13)(H,14,15)/t7-,8+/m1/s1. The van der Waals surface area contributed by atoms with Gasteiger partial charge in [-0.2, -0.15) is 11.8 Å². The zero-order chi connectivity index (χ0) is 12.6. The number of carbonyl (C=O) groups is 2. The maximum absolute atomic E-state index is 11.5. The van der Waals surface area contributed by atoms with E-state index in [1.807, 2.05) is 13.2 Å². The Hall–Kier alpha value is -0.750. The molecule has 0 saturated carbocycles. The first-order valence-corrected chi connectivity index (χ1v) is 6.70. The van der Waals surface area contributed by atoms with Crippen LogP contribution in [-0.4, -0.2) is 41.1 Å². The quantitative estimate of drug-likeness (QED) is 0.579. The average Bonchev–Trinajstić information content (AvgIpc) is 2.23. The molecule has 0 aliphatic heterocycles. The van der Waals surface area contributed by atoms with Gasteiger partial charge in [0, 0.05) is 0 Å². The topological polar surface area (TPSA) is 92.4 Å². The first-order valence-electron chi connectivity index (χ1n) is 5.30. The summed E-state index contributed by atoms with van der Waals surface area (Å²) >= 11 is 1.55. The average molecular weight is 248 g/mol. The summed E-state index contributed by atoms with van der Waals surface area (Å²) in [5.74, 6) is -0.693. The molecule has 6 heteroatoms. The van der Waals surface area contributed by atoms with Gasteiger partial charge in [0.15, 0.2) is 0 Å². The van der Waals surface area contributed by atoms with Crippen LogP contribution < -0.4 is 11.1 Å². The lowest BCUT2D eigenvalue weighted by Gasteiger charge is -2.17.